The summed E-state index contributed by atoms with van der Waals surface area (Å²) in [6.07, 6.45) is 1.79. The minimum absolute atomic E-state index is 0.805. The Hall–Kier alpha value is -1.60. The number of hydrogen-bond acceptors (Lipinski definition) is 0. The Morgan fingerprint density at radius 3 is 2.36 bits per heavy atom. The monoisotopic (exact) mass is 307 g/mol. The molecule has 2 aromatic rings. The fourth-order valence-electron chi connectivity index (χ4n) is 2.51. The number of rotatable bonds is 5. The molecule has 0 heterocycles. The van der Waals surface area contributed by atoms with Gasteiger partial charge in [-0.2, -0.15) is 0 Å². The third-order valence-electron chi connectivity index (χ3n) is 3.92. The molecule has 1 radical (unpaired) electrons. The van der Waals surface area contributed by atoms with E-state index in [1.165, 1.54) is 22.3 Å². The second-order valence-electron chi connectivity index (χ2n) is 5.94. The summed E-state index contributed by atoms with van der Waals surface area (Å²) in [5.74, 6) is 0. The van der Waals surface area contributed by atoms with Crippen LogP contribution in [0.2, 0.25) is 5.02 Å². The molecule has 2 aromatic carbocycles. The molecule has 0 bridgehead atoms. The third kappa shape index (κ3) is 3.98. The van der Waals surface area contributed by atoms with Crippen LogP contribution in [0.5, 0.6) is 0 Å². The van der Waals surface area contributed by atoms with Crippen LogP contribution in [-0.4, -0.2) is 13.0 Å². The Balaban J connectivity index is 2.27. The second-order valence-corrected chi connectivity index (χ2v) is 6.35. The first kappa shape index (κ1) is 16.8. The fourth-order valence-corrected chi connectivity index (χ4v) is 2.63. The van der Waals surface area contributed by atoms with E-state index in [9.17, 15) is 0 Å². The van der Waals surface area contributed by atoms with Gasteiger partial charge in [0.1, 0.15) is 0 Å². The molecule has 0 aliphatic heterocycles. The van der Waals surface area contributed by atoms with Gasteiger partial charge in [0.15, 0.2) is 0 Å². The van der Waals surface area contributed by atoms with Crippen molar-refractivity contribution in [3.63, 3.8) is 0 Å². The van der Waals surface area contributed by atoms with Crippen LogP contribution in [0.3, 0.4) is 0 Å². The molecule has 0 N–H and O–H groups in total. The predicted molar refractivity (Wildman–Crippen MR) is 101 cm³/mol. The SMILES string of the molecule is [B]=C(C)CCC(=C)c1ccc(-c2ccc(Cl)c(C)c2)c(C)c1. The maximum atomic E-state index is 6.11. The zero-order valence-electron chi connectivity index (χ0n) is 13.5. The predicted octanol–water partition coefficient (Wildman–Crippen LogP) is 5.78. The van der Waals surface area contributed by atoms with E-state index in [0.717, 1.165) is 34.5 Å². The molecule has 0 nitrogen and oxygen atoms in total. The number of halogens is 1. The van der Waals surface area contributed by atoms with Crippen molar-refractivity contribution >= 4 is 30.1 Å². The zero-order chi connectivity index (χ0) is 16.3. The van der Waals surface area contributed by atoms with Gasteiger partial charge < -0.3 is 0 Å². The molecule has 0 saturated heterocycles. The van der Waals surface area contributed by atoms with Gasteiger partial charge in [-0.3, -0.25) is 0 Å². The van der Waals surface area contributed by atoms with E-state index in [1.54, 1.807) is 0 Å². The summed E-state index contributed by atoms with van der Waals surface area (Å²) in [7, 11) is 5.74. The molecule has 0 aliphatic carbocycles. The van der Waals surface area contributed by atoms with Crippen LogP contribution in [0.25, 0.3) is 16.7 Å². The standard InChI is InChI=1S/C20H21BCl/c1-13(5-6-16(4)21)17-7-9-19(14(2)11-17)18-8-10-20(22)15(3)12-18/h7-12H,1,5-6H2,2-4H3. The molecule has 0 unspecified atom stereocenters. The first-order valence-corrected chi connectivity index (χ1v) is 7.89. The molecule has 0 saturated carbocycles. The van der Waals surface area contributed by atoms with E-state index < -0.39 is 0 Å². The second kappa shape index (κ2) is 7.11. The van der Waals surface area contributed by atoms with Gasteiger partial charge in [0.05, 0.1) is 0 Å². The summed E-state index contributed by atoms with van der Waals surface area (Å²) >= 11 is 6.11. The third-order valence-corrected chi connectivity index (χ3v) is 4.35. The van der Waals surface area contributed by atoms with Gasteiger partial charge in [-0.1, -0.05) is 11.6 Å². The summed E-state index contributed by atoms with van der Waals surface area (Å²) in [6.45, 7) is 10.3. The van der Waals surface area contributed by atoms with E-state index >= 15 is 0 Å². The number of benzene rings is 2. The van der Waals surface area contributed by atoms with Crippen molar-refractivity contribution in [2.75, 3.05) is 0 Å². The van der Waals surface area contributed by atoms with Gasteiger partial charge in [-0.05, 0) is 0 Å². The molecule has 0 spiro atoms. The summed E-state index contributed by atoms with van der Waals surface area (Å²) in [6, 6.07) is 12.7. The summed E-state index contributed by atoms with van der Waals surface area (Å²) in [5, 5.41) is 0.805. The van der Waals surface area contributed by atoms with Crippen LogP contribution in [0.4, 0.5) is 0 Å². The zero-order valence-corrected chi connectivity index (χ0v) is 14.3. The van der Waals surface area contributed by atoms with Crippen LogP contribution in [0.15, 0.2) is 43.0 Å². The van der Waals surface area contributed by atoms with Crippen molar-refractivity contribution < 1.29 is 0 Å². The molecule has 22 heavy (non-hydrogen) atoms. The molecule has 0 atom stereocenters. The van der Waals surface area contributed by atoms with Crippen LogP contribution in [0.1, 0.15) is 36.5 Å². The molecule has 2 rings (SSSR count). The molecular formula is C20H21BCl. The summed E-state index contributed by atoms with van der Waals surface area (Å²) in [4.78, 5) is 0. The molecule has 2 heteroatoms. The van der Waals surface area contributed by atoms with Gasteiger partial charge in [-0.15, -0.1) is 0 Å². The Kier molecular flexibility index (Phi) is 5.42. The van der Waals surface area contributed by atoms with Gasteiger partial charge in [-0.25, -0.2) is 0 Å². The van der Waals surface area contributed by atoms with Gasteiger partial charge in [0.2, 0.25) is 0 Å². The van der Waals surface area contributed by atoms with Gasteiger partial charge in [0, 0.05) is 0 Å². The fraction of sp³-hybridized carbons (Fsp3) is 0.250. The van der Waals surface area contributed by atoms with Gasteiger partial charge in [0.25, 0.3) is 0 Å². The number of aryl methyl sites for hydroxylation is 2. The normalized spacial score (nSPS) is 10.5. The molecule has 0 aliphatic rings. The molecule has 0 aromatic heterocycles. The van der Waals surface area contributed by atoms with Crippen molar-refractivity contribution in [1.82, 2.24) is 0 Å². The van der Waals surface area contributed by atoms with Gasteiger partial charge >= 0.3 is 128 Å². The number of allylic oxidation sites excluding steroid dienone is 1. The molecule has 111 valence electrons. The average molecular weight is 308 g/mol. The quantitative estimate of drug-likeness (QED) is 0.614. The van der Waals surface area contributed by atoms with Crippen molar-refractivity contribution in [2.45, 2.75) is 33.6 Å². The molecule has 0 fully saturated rings. The van der Waals surface area contributed by atoms with Crippen molar-refractivity contribution in [1.29, 1.82) is 0 Å². The van der Waals surface area contributed by atoms with E-state index in [1.807, 2.05) is 19.9 Å². The van der Waals surface area contributed by atoms with E-state index in [0.29, 0.717) is 0 Å². The molecule has 0 amide bonds. The van der Waals surface area contributed by atoms with E-state index in [4.69, 9.17) is 19.1 Å². The summed E-state index contributed by atoms with van der Waals surface area (Å²) in [5.41, 5.74) is 8.04. The van der Waals surface area contributed by atoms with E-state index in [-0.39, 0.29) is 0 Å². The Morgan fingerprint density at radius 1 is 1.05 bits per heavy atom. The first-order valence-electron chi connectivity index (χ1n) is 7.51. The number of hydrogen-bond donors (Lipinski definition) is 0. The average Bonchev–Trinajstić information content (AvgIpc) is 2.47. The van der Waals surface area contributed by atoms with Crippen LogP contribution in [0, 0.1) is 13.8 Å². The topological polar surface area (TPSA) is 0 Å². The van der Waals surface area contributed by atoms with Crippen molar-refractivity contribution in [2.24, 2.45) is 0 Å². The first-order chi connectivity index (χ1) is 10.4. The van der Waals surface area contributed by atoms with Crippen molar-refractivity contribution in [3.05, 3.63) is 64.7 Å². The van der Waals surface area contributed by atoms with Crippen LogP contribution >= 0.6 is 11.6 Å². The molecular weight excluding hydrogens is 286 g/mol. The van der Waals surface area contributed by atoms with Crippen molar-refractivity contribution in [3.8, 4) is 11.1 Å². The Labute approximate surface area is 139 Å². The Bertz CT molecular complexity index is 728. The van der Waals surface area contributed by atoms with Crippen LogP contribution < -0.4 is 0 Å². The summed E-state index contributed by atoms with van der Waals surface area (Å²) < 4.78 is 0. The van der Waals surface area contributed by atoms with Crippen LogP contribution in [-0.2, 0) is 0 Å². The van der Waals surface area contributed by atoms with E-state index in [2.05, 4.69) is 43.8 Å². The Morgan fingerprint density at radius 2 is 1.77 bits per heavy atom. The minimum atomic E-state index is 0.805. The maximum absolute atomic E-state index is 6.11.